The van der Waals surface area contributed by atoms with Crippen molar-refractivity contribution >= 4 is 17.4 Å². The zero-order valence-corrected chi connectivity index (χ0v) is 10.5. The van der Waals surface area contributed by atoms with Crippen LogP contribution < -0.4 is 5.32 Å². The van der Waals surface area contributed by atoms with E-state index < -0.39 is 0 Å². The van der Waals surface area contributed by atoms with Crippen LogP contribution in [-0.4, -0.2) is 16.0 Å². The summed E-state index contributed by atoms with van der Waals surface area (Å²) < 4.78 is 0. The van der Waals surface area contributed by atoms with E-state index in [-0.39, 0.29) is 0 Å². The Kier molecular flexibility index (Phi) is 4.33. The summed E-state index contributed by atoms with van der Waals surface area (Å²) >= 11 is 5.74. The van der Waals surface area contributed by atoms with Gasteiger partial charge in [-0.25, -0.2) is 9.97 Å². The standard InChI is InChI=1S/C11H18ClN3/c1-7(2)5-9(4)14-10-8(3)6-13-11(12)15-10/h6-7,9H,5H2,1-4H3,(H,13,14,15). The van der Waals surface area contributed by atoms with Crippen molar-refractivity contribution in [1.82, 2.24) is 9.97 Å². The molecule has 0 aromatic carbocycles. The Morgan fingerprint density at radius 1 is 1.40 bits per heavy atom. The van der Waals surface area contributed by atoms with Gasteiger partial charge >= 0.3 is 0 Å². The van der Waals surface area contributed by atoms with Crippen molar-refractivity contribution in [2.45, 2.75) is 40.2 Å². The predicted octanol–water partition coefficient (Wildman–Crippen LogP) is 3.28. The molecule has 0 spiro atoms. The molecule has 1 rings (SSSR count). The summed E-state index contributed by atoms with van der Waals surface area (Å²) in [5, 5.41) is 3.64. The monoisotopic (exact) mass is 227 g/mol. The molecule has 1 heterocycles. The summed E-state index contributed by atoms with van der Waals surface area (Å²) in [6, 6.07) is 0.398. The van der Waals surface area contributed by atoms with E-state index in [2.05, 4.69) is 36.1 Å². The summed E-state index contributed by atoms with van der Waals surface area (Å²) in [7, 11) is 0. The quantitative estimate of drug-likeness (QED) is 0.803. The molecule has 0 aliphatic rings. The van der Waals surface area contributed by atoms with Gasteiger partial charge < -0.3 is 5.32 Å². The van der Waals surface area contributed by atoms with Crippen molar-refractivity contribution < 1.29 is 0 Å². The third-order valence-corrected chi connectivity index (χ3v) is 2.33. The van der Waals surface area contributed by atoms with E-state index in [1.54, 1.807) is 6.20 Å². The molecule has 0 amide bonds. The highest BCUT2D eigenvalue weighted by Gasteiger charge is 2.08. The van der Waals surface area contributed by atoms with Gasteiger partial charge in [0.2, 0.25) is 5.28 Å². The van der Waals surface area contributed by atoms with Crippen molar-refractivity contribution in [1.29, 1.82) is 0 Å². The van der Waals surface area contributed by atoms with Gasteiger partial charge in [-0.1, -0.05) is 13.8 Å². The Morgan fingerprint density at radius 2 is 2.07 bits per heavy atom. The zero-order valence-electron chi connectivity index (χ0n) is 9.71. The lowest BCUT2D eigenvalue weighted by Gasteiger charge is -2.17. The SMILES string of the molecule is Cc1cnc(Cl)nc1NC(C)CC(C)C. The molecule has 3 nitrogen and oxygen atoms in total. The Labute approximate surface area is 96.3 Å². The van der Waals surface area contributed by atoms with E-state index in [4.69, 9.17) is 11.6 Å². The van der Waals surface area contributed by atoms with Crippen LogP contribution in [0.5, 0.6) is 0 Å². The van der Waals surface area contributed by atoms with Gasteiger partial charge in [-0.2, -0.15) is 0 Å². The summed E-state index contributed by atoms with van der Waals surface area (Å²) in [6.07, 6.45) is 2.85. The first-order chi connectivity index (χ1) is 6.99. The molecule has 84 valence electrons. The first-order valence-electron chi connectivity index (χ1n) is 5.24. The maximum Gasteiger partial charge on any atom is 0.224 e. The molecule has 0 saturated carbocycles. The van der Waals surface area contributed by atoms with Crippen LogP contribution in [0.3, 0.4) is 0 Å². The van der Waals surface area contributed by atoms with Crippen LogP contribution in [0, 0.1) is 12.8 Å². The molecule has 0 saturated heterocycles. The molecule has 1 N–H and O–H groups in total. The number of hydrogen-bond acceptors (Lipinski definition) is 3. The van der Waals surface area contributed by atoms with Crippen molar-refractivity contribution in [2.24, 2.45) is 5.92 Å². The lowest BCUT2D eigenvalue weighted by atomic mass is 10.1. The van der Waals surface area contributed by atoms with Gasteiger partial charge in [-0.05, 0) is 37.8 Å². The number of nitrogens with zero attached hydrogens (tertiary/aromatic N) is 2. The fourth-order valence-electron chi connectivity index (χ4n) is 1.57. The first kappa shape index (κ1) is 12.2. The van der Waals surface area contributed by atoms with Crippen molar-refractivity contribution in [3.8, 4) is 0 Å². The minimum atomic E-state index is 0.292. The van der Waals surface area contributed by atoms with Crippen molar-refractivity contribution in [2.75, 3.05) is 5.32 Å². The lowest BCUT2D eigenvalue weighted by Crippen LogP contribution is -2.19. The normalized spacial score (nSPS) is 12.9. The van der Waals surface area contributed by atoms with Crippen LogP contribution in [0.15, 0.2) is 6.20 Å². The van der Waals surface area contributed by atoms with Gasteiger partial charge in [0.25, 0.3) is 0 Å². The number of aryl methyl sites for hydroxylation is 1. The van der Waals surface area contributed by atoms with Crippen LogP contribution in [0.25, 0.3) is 0 Å². The summed E-state index contributed by atoms with van der Waals surface area (Å²) in [6.45, 7) is 8.53. The molecule has 0 radical (unpaired) electrons. The predicted molar refractivity (Wildman–Crippen MR) is 64.3 cm³/mol. The summed E-state index contributed by atoms with van der Waals surface area (Å²) in [4.78, 5) is 8.09. The van der Waals surface area contributed by atoms with Gasteiger partial charge in [-0.3, -0.25) is 0 Å². The van der Waals surface area contributed by atoms with Crippen LogP contribution in [-0.2, 0) is 0 Å². The second kappa shape index (κ2) is 5.31. The summed E-state index contributed by atoms with van der Waals surface area (Å²) in [5.74, 6) is 1.51. The molecular formula is C11H18ClN3. The second-order valence-electron chi connectivity index (χ2n) is 4.35. The molecule has 15 heavy (non-hydrogen) atoms. The van der Waals surface area contributed by atoms with Gasteiger partial charge in [0.1, 0.15) is 5.82 Å². The average Bonchev–Trinajstić information content (AvgIpc) is 2.10. The average molecular weight is 228 g/mol. The van der Waals surface area contributed by atoms with Crippen LogP contribution in [0.4, 0.5) is 5.82 Å². The number of rotatable bonds is 4. The minimum absolute atomic E-state index is 0.292. The maximum atomic E-state index is 5.74. The molecular weight excluding hydrogens is 210 g/mol. The number of anilines is 1. The molecule has 0 aliphatic carbocycles. The van der Waals surface area contributed by atoms with Crippen molar-refractivity contribution in [3.63, 3.8) is 0 Å². The fraction of sp³-hybridized carbons (Fsp3) is 0.636. The molecule has 4 heteroatoms. The largest absolute Gasteiger partial charge is 0.367 e. The van der Waals surface area contributed by atoms with E-state index in [0.29, 0.717) is 17.2 Å². The number of aromatic nitrogens is 2. The summed E-state index contributed by atoms with van der Waals surface area (Å²) in [5.41, 5.74) is 1.02. The smallest absolute Gasteiger partial charge is 0.224 e. The topological polar surface area (TPSA) is 37.8 Å². The van der Waals surface area contributed by atoms with Crippen LogP contribution in [0.2, 0.25) is 5.28 Å². The number of nitrogens with one attached hydrogen (secondary N) is 1. The minimum Gasteiger partial charge on any atom is -0.367 e. The second-order valence-corrected chi connectivity index (χ2v) is 4.68. The molecule has 1 unspecified atom stereocenters. The van der Waals surface area contributed by atoms with Gasteiger partial charge in [0, 0.05) is 17.8 Å². The Morgan fingerprint density at radius 3 is 2.67 bits per heavy atom. The highest BCUT2D eigenvalue weighted by atomic mass is 35.5. The molecule has 0 bridgehead atoms. The van der Waals surface area contributed by atoms with E-state index >= 15 is 0 Å². The Balaban J connectivity index is 2.67. The molecule has 0 fully saturated rings. The van der Waals surface area contributed by atoms with Gasteiger partial charge in [0.05, 0.1) is 0 Å². The highest BCUT2D eigenvalue weighted by molar-refractivity contribution is 6.28. The van der Waals surface area contributed by atoms with E-state index in [1.807, 2.05) is 6.92 Å². The number of halogens is 1. The van der Waals surface area contributed by atoms with Gasteiger partial charge in [0.15, 0.2) is 0 Å². The molecule has 1 aromatic heterocycles. The van der Waals surface area contributed by atoms with E-state index in [9.17, 15) is 0 Å². The van der Waals surface area contributed by atoms with Crippen LogP contribution in [0.1, 0.15) is 32.8 Å². The molecule has 1 aromatic rings. The third-order valence-electron chi connectivity index (χ3n) is 2.15. The molecule has 0 aliphatic heterocycles. The Hall–Kier alpha value is -0.830. The van der Waals surface area contributed by atoms with E-state index in [0.717, 1.165) is 17.8 Å². The van der Waals surface area contributed by atoms with Crippen LogP contribution >= 0.6 is 11.6 Å². The fourth-order valence-corrected chi connectivity index (χ4v) is 1.70. The zero-order chi connectivity index (χ0) is 11.4. The lowest BCUT2D eigenvalue weighted by molar-refractivity contribution is 0.538. The van der Waals surface area contributed by atoms with E-state index in [1.165, 1.54) is 0 Å². The van der Waals surface area contributed by atoms with Crippen molar-refractivity contribution in [3.05, 3.63) is 17.0 Å². The number of hydrogen-bond donors (Lipinski definition) is 1. The van der Waals surface area contributed by atoms with Gasteiger partial charge in [-0.15, -0.1) is 0 Å². The highest BCUT2D eigenvalue weighted by Crippen LogP contribution is 2.16. The molecule has 1 atom stereocenters. The third kappa shape index (κ3) is 4.04. The Bertz CT molecular complexity index is 326. The maximum absolute atomic E-state index is 5.74. The first-order valence-corrected chi connectivity index (χ1v) is 5.62.